The highest BCUT2D eigenvalue weighted by Crippen LogP contribution is 2.24. The first-order valence-electron chi connectivity index (χ1n) is 7.48. The van der Waals surface area contributed by atoms with E-state index in [0.717, 1.165) is 42.4 Å². The van der Waals surface area contributed by atoms with E-state index in [2.05, 4.69) is 11.9 Å². The highest BCUT2D eigenvalue weighted by molar-refractivity contribution is 7.13. The molecule has 0 radical (unpaired) electrons. The summed E-state index contributed by atoms with van der Waals surface area (Å²) in [6.45, 7) is 4.01. The Labute approximate surface area is 128 Å². The molecule has 3 rings (SSSR count). The van der Waals surface area contributed by atoms with Crippen LogP contribution >= 0.6 is 11.3 Å². The maximum absolute atomic E-state index is 12.4. The second kappa shape index (κ2) is 6.43. The first kappa shape index (κ1) is 14.3. The van der Waals surface area contributed by atoms with Gasteiger partial charge in [-0.05, 0) is 36.6 Å². The van der Waals surface area contributed by atoms with Crippen molar-refractivity contribution < 1.29 is 9.21 Å². The van der Waals surface area contributed by atoms with Gasteiger partial charge in [-0.15, -0.1) is 11.3 Å². The second-order valence-electron chi connectivity index (χ2n) is 5.71. The molecule has 3 heterocycles. The van der Waals surface area contributed by atoms with Crippen LogP contribution in [0, 0.1) is 5.92 Å². The lowest BCUT2D eigenvalue weighted by Crippen LogP contribution is -2.33. The number of nitrogens with zero attached hydrogens (tertiary/aromatic N) is 2. The Balaban J connectivity index is 1.62. The van der Waals surface area contributed by atoms with Gasteiger partial charge in [0, 0.05) is 13.1 Å². The van der Waals surface area contributed by atoms with Gasteiger partial charge in [0.2, 0.25) is 11.8 Å². The van der Waals surface area contributed by atoms with Crippen molar-refractivity contribution in [3.63, 3.8) is 0 Å². The Kier molecular flexibility index (Phi) is 4.39. The summed E-state index contributed by atoms with van der Waals surface area (Å²) in [4.78, 5) is 19.8. The van der Waals surface area contributed by atoms with E-state index in [1.54, 1.807) is 17.6 Å². The molecule has 21 heavy (non-hydrogen) atoms. The minimum absolute atomic E-state index is 0.162. The predicted octanol–water partition coefficient (Wildman–Crippen LogP) is 3.59. The van der Waals surface area contributed by atoms with Crippen molar-refractivity contribution in [2.75, 3.05) is 13.1 Å². The van der Waals surface area contributed by atoms with Gasteiger partial charge in [0.25, 0.3) is 0 Å². The van der Waals surface area contributed by atoms with E-state index in [1.165, 1.54) is 6.42 Å². The van der Waals surface area contributed by atoms with Crippen molar-refractivity contribution in [2.45, 2.75) is 32.6 Å². The number of thiophene rings is 1. The molecule has 1 amide bonds. The van der Waals surface area contributed by atoms with E-state index in [4.69, 9.17) is 4.42 Å². The average molecular weight is 304 g/mol. The molecule has 1 aliphatic heterocycles. The summed E-state index contributed by atoms with van der Waals surface area (Å²) >= 11 is 1.59. The van der Waals surface area contributed by atoms with Crippen molar-refractivity contribution >= 4 is 17.2 Å². The van der Waals surface area contributed by atoms with Gasteiger partial charge >= 0.3 is 0 Å². The zero-order valence-corrected chi connectivity index (χ0v) is 13.1. The molecule has 4 nitrogen and oxygen atoms in total. The van der Waals surface area contributed by atoms with Crippen LogP contribution in [-0.2, 0) is 11.2 Å². The molecule has 0 saturated carbocycles. The van der Waals surface area contributed by atoms with Gasteiger partial charge in [0.1, 0.15) is 6.26 Å². The molecule has 0 N–H and O–H groups in total. The largest absolute Gasteiger partial charge is 0.444 e. The van der Waals surface area contributed by atoms with Crippen LogP contribution in [0.4, 0.5) is 0 Å². The summed E-state index contributed by atoms with van der Waals surface area (Å²) in [5.41, 5.74) is 0.723. The first-order chi connectivity index (χ1) is 10.2. The lowest BCUT2D eigenvalue weighted by molar-refractivity contribution is -0.130. The zero-order valence-electron chi connectivity index (χ0n) is 12.2. The van der Waals surface area contributed by atoms with Crippen LogP contribution in [0.2, 0.25) is 0 Å². The Bertz CT molecular complexity index is 591. The lowest BCUT2D eigenvalue weighted by Gasteiger charge is -2.19. The molecule has 1 unspecified atom stereocenters. The third-order valence-electron chi connectivity index (χ3n) is 3.99. The van der Waals surface area contributed by atoms with Crippen molar-refractivity contribution in [3.05, 3.63) is 29.5 Å². The summed E-state index contributed by atoms with van der Waals surface area (Å²) in [6.07, 6.45) is 5.37. The molecule has 2 aromatic rings. The smallest absolute Gasteiger partial charge is 0.236 e. The molecule has 5 heteroatoms. The summed E-state index contributed by atoms with van der Waals surface area (Å²) in [5, 5.41) is 1.99. The maximum Gasteiger partial charge on any atom is 0.236 e. The number of hydrogen-bond acceptors (Lipinski definition) is 4. The highest BCUT2D eigenvalue weighted by Gasteiger charge is 2.20. The quantitative estimate of drug-likeness (QED) is 0.870. The van der Waals surface area contributed by atoms with E-state index >= 15 is 0 Å². The Morgan fingerprint density at radius 2 is 2.38 bits per heavy atom. The molecule has 0 bridgehead atoms. The van der Waals surface area contributed by atoms with Crippen LogP contribution < -0.4 is 0 Å². The van der Waals surface area contributed by atoms with Crippen LogP contribution in [-0.4, -0.2) is 28.9 Å². The highest BCUT2D eigenvalue weighted by atomic mass is 32.1. The Hall–Kier alpha value is -1.62. The fourth-order valence-corrected chi connectivity index (χ4v) is 3.34. The van der Waals surface area contributed by atoms with Crippen LogP contribution in [0.15, 0.2) is 28.2 Å². The third kappa shape index (κ3) is 3.53. The van der Waals surface area contributed by atoms with Gasteiger partial charge in [0.05, 0.1) is 17.0 Å². The molecule has 1 saturated heterocycles. The monoisotopic (exact) mass is 304 g/mol. The van der Waals surface area contributed by atoms with E-state index in [9.17, 15) is 4.79 Å². The van der Waals surface area contributed by atoms with Crippen molar-refractivity contribution in [3.8, 4) is 10.8 Å². The van der Waals surface area contributed by atoms with E-state index < -0.39 is 0 Å². The summed E-state index contributed by atoms with van der Waals surface area (Å²) in [5.74, 6) is 1.49. The number of amides is 1. The molecule has 0 aromatic carbocycles. The molecule has 0 aliphatic carbocycles. The predicted molar refractivity (Wildman–Crippen MR) is 83.1 cm³/mol. The minimum Gasteiger partial charge on any atom is -0.444 e. The number of carbonyl (C=O) groups is 1. The molecular weight excluding hydrogens is 284 g/mol. The van der Waals surface area contributed by atoms with Gasteiger partial charge < -0.3 is 9.32 Å². The number of aromatic nitrogens is 1. The topological polar surface area (TPSA) is 46.3 Å². The molecule has 2 aromatic heterocycles. The number of oxazole rings is 1. The average Bonchev–Trinajstić information content (AvgIpc) is 3.09. The third-order valence-corrected chi connectivity index (χ3v) is 4.84. The number of likely N-dealkylation sites (tertiary alicyclic amines) is 1. The normalized spacial score (nSPS) is 19.5. The SMILES string of the molecule is CC1CCCN(C(=O)Cc2coc(-c3cccs3)n2)CC1. The van der Waals surface area contributed by atoms with Crippen LogP contribution in [0.5, 0.6) is 0 Å². The van der Waals surface area contributed by atoms with Crippen LogP contribution in [0.1, 0.15) is 31.9 Å². The van der Waals surface area contributed by atoms with E-state index in [0.29, 0.717) is 12.3 Å². The van der Waals surface area contributed by atoms with Gasteiger partial charge in [-0.3, -0.25) is 4.79 Å². The van der Waals surface area contributed by atoms with Gasteiger partial charge in [-0.1, -0.05) is 13.0 Å². The van der Waals surface area contributed by atoms with E-state index in [-0.39, 0.29) is 5.91 Å². The zero-order chi connectivity index (χ0) is 14.7. The maximum atomic E-state index is 12.4. The first-order valence-corrected chi connectivity index (χ1v) is 8.36. The van der Waals surface area contributed by atoms with Gasteiger partial charge in [0.15, 0.2) is 0 Å². The van der Waals surface area contributed by atoms with Gasteiger partial charge in [-0.2, -0.15) is 0 Å². The molecular formula is C16H20N2O2S. The molecule has 1 aliphatic rings. The molecule has 1 fully saturated rings. The summed E-state index contributed by atoms with van der Waals surface area (Å²) < 4.78 is 5.47. The summed E-state index contributed by atoms with van der Waals surface area (Å²) in [6, 6.07) is 3.94. The van der Waals surface area contributed by atoms with Gasteiger partial charge in [-0.25, -0.2) is 4.98 Å². The molecule has 0 spiro atoms. The lowest BCUT2D eigenvalue weighted by atomic mass is 10.0. The Morgan fingerprint density at radius 1 is 1.48 bits per heavy atom. The standard InChI is InChI=1S/C16H20N2O2S/c1-12-4-2-7-18(8-6-12)15(19)10-13-11-20-16(17-13)14-5-3-9-21-14/h3,5,9,11-12H,2,4,6-8,10H2,1H3. The van der Waals surface area contributed by atoms with Crippen molar-refractivity contribution in [2.24, 2.45) is 5.92 Å². The molecule has 1 atom stereocenters. The van der Waals surface area contributed by atoms with Crippen LogP contribution in [0.3, 0.4) is 0 Å². The summed E-state index contributed by atoms with van der Waals surface area (Å²) in [7, 11) is 0. The van der Waals surface area contributed by atoms with Crippen molar-refractivity contribution in [1.29, 1.82) is 0 Å². The number of carbonyl (C=O) groups excluding carboxylic acids is 1. The fraction of sp³-hybridized carbons (Fsp3) is 0.500. The molecule has 112 valence electrons. The van der Waals surface area contributed by atoms with Crippen LogP contribution in [0.25, 0.3) is 10.8 Å². The van der Waals surface area contributed by atoms with Crippen molar-refractivity contribution in [1.82, 2.24) is 9.88 Å². The second-order valence-corrected chi connectivity index (χ2v) is 6.66. The van der Waals surface area contributed by atoms with E-state index in [1.807, 2.05) is 22.4 Å². The number of rotatable bonds is 3. The Morgan fingerprint density at radius 3 is 3.19 bits per heavy atom. The number of hydrogen-bond donors (Lipinski definition) is 0. The minimum atomic E-state index is 0.162. The fourth-order valence-electron chi connectivity index (χ4n) is 2.68.